The number of rotatable bonds is 3. The van der Waals surface area contributed by atoms with Crippen LogP contribution in [0.3, 0.4) is 0 Å². The summed E-state index contributed by atoms with van der Waals surface area (Å²) in [4.78, 5) is 1.36. The monoisotopic (exact) mass is 210 g/mol. The predicted molar refractivity (Wildman–Crippen MR) is 63.5 cm³/mol. The van der Waals surface area contributed by atoms with E-state index in [1.165, 1.54) is 16.0 Å². The molecule has 0 radical (unpaired) electrons. The molecule has 0 heterocycles. The molecule has 1 rings (SSSR count). The standard InChI is InChI=1S/C12H18OS/c1-8(2)14-12-7-6-11(13-5)9(3)10(12)4/h6-8H,1-5H3. The molecule has 1 nitrogen and oxygen atoms in total. The van der Waals surface area contributed by atoms with Gasteiger partial charge >= 0.3 is 0 Å². The van der Waals surface area contributed by atoms with Crippen LogP contribution in [-0.4, -0.2) is 12.4 Å². The van der Waals surface area contributed by atoms with E-state index in [1.807, 2.05) is 17.8 Å². The number of benzene rings is 1. The van der Waals surface area contributed by atoms with Gasteiger partial charge in [-0.05, 0) is 37.1 Å². The molecule has 1 aromatic carbocycles. The first-order valence-corrected chi connectivity index (χ1v) is 5.75. The third-order valence-electron chi connectivity index (χ3n) is 2.27. The molecule has 0 bridgehead atoms. The minimum absolute atomic E-state index is 0.626. The molecule has 0 unspecified atom stereocenters. The molecule has 2 heteroatoms. The molecular weight excluding hydrogens is 192 g/mol. The highest BCUT2D eigenvalue weighted by Gasteiger charge is 2.07. The molecule has 0 saturated heterocycles. The van der Waals surface area contributed by atoms with E-state index in [-0.39, 0.29) is 0 Å². The van der Waals surface area contributed by atoms with Crippen LogP contribution in [0.15, 0.2) is 17.0 Å². The number of ether oxygens (including phenoxy) is 1. The van der Waals surface area contributed by atoms with Gasteiger partial charge in [-0.15, -0.1) is 11.8 Å². The first kappa shape index (κ1) is 11.4. The summed E-state index contributed by atoms with van der Waals surface area (Å²) < 4.78 is 5.28. The highest BCUT2D eigenvalue weighted by Crippen LogP contribution is 2.32. The Morgan fingerprint density at radius 2 is 1.79 bits per heavy atom. The van der Waals surface area contributed by atoms with Crippen molar-refractivity contribution in [2.24, 2.45) is 0 Å². The summed E-state index contributed by atoms with van der Waals surface area (Å²) in [6, 6.07) is 4.19. The zero-order valence-corrected chi connectivity index (χ0v) is 10.4. The average Bonchev–Trinajstić information content (AvgIpc) is 2.13. The van der Waals surface area contributed by atoms with Crippen molar-refractivity contribution in [1.29, 1.82) is 0 Å². The van der Waals surface area contributed by atoms with Crippen molar-refractivity contribution in [2.75, 3.05) is 7.11 Å². The number of methoxy groups -OCH3 is 1. The van der Waals surface area contributed by atoms with Crippen LogP contribution in [0.1, 0.15) is 25.0 Å². The Hall–Kier alpha value is -0.630. The normalized spacial score (nSPS) is 10.7. The van der Waals surface area contributed by atoms with Gasteiger partial charge in [-0.1, -0.05) is 13.8 Å². The van der Waals surface area contributed by atoms with Gasteiger partial charge in [-0.3, -0.25) is 0 Å². The second-order valence-electron chi connectivity index (χ2n) is 3.68. The van der Waals surface area contributed by atoms with Crippen molar-refractivity contribution in [3.05, 3.63) is 23.3 Å². The van der Waals surface area contributed by atoms with Crippen LogP contribution in [0.5, 0.6) is 5.75 Å². The minimum atomic E-state index is 0.626. The van der Waals surface area contributed by atoms with Crippen molar-refractivity contribution < 1.29 is 4.74 Å². The zero-order valence-electron chi connectivity index (χ0n) is 9.55. The molecule has 14 heavy (non-hydrogen) atoms. The fourth-order valence-electron chi connectivity index (χ4n) is 1.37. The van der Waals surface area contributed by atoms with E-state index in [9.17, 15) is 0 Å². The average molecular weight is 210 g/mol. The van der Waals surface area contributed by atoms with Gasteiger partial charge in [0, 0.05) is 10.1 Å². The van der Waals surface area contributed by atoms with Gasteiger partial charge in [-0.2, -0.15) is 0 Å². The topological polar surface area (TPSA) is 9.23 Å². The maximum atomic E-state index is 5.28. The molecule has 0 aromatic heterocycles. The summed E-state index contributed by atoms with van der Waals surface area (Å²) in [7, 11) is 1.72. The predicted octanol–water partition coefficient (Wildman–Crippen LogP) is 3.81. The summed E-state index contributed by atoms with van der Waals surface area (Å²) in [5.74, 6) is 0.982. The fourth-order valence-corrected chi connectivity index (χ4v) is 2.36. The number of thioether (sulfide) groups is 1. The summed E-state index contributed by atoms with van der Waals surface area (Å²) in [5, 5.41) is 0.626. The van der Waals surface area contributed by atoms with Crippen LogP contribution in [0.4, 0.5) is 0 Å². The zero-order chi connectivity index (χ0) is 10.7. The first-order valence-electron chi connectivity index (χ1n) is 4.87. The Morgan fingerprint density at radius 1 is 1.14 bits per heavy atom. The Kier molecular flexibility index (Phi) is 3.87. The molecule has 78 valence electrons. The minimum Gasteiger partial charge on any atom is -0.496 e. The molecule has 0 spiro atoms. The Balaban J connectivity index is 3.04. The van der Waals surface area contributed by atoms with E-state index < -0.39 is 0 Å². The Morgan fingerprint density at radius 3 is 2.29 bits per heavy atom. The Labute approximate surface area is 90.9 Å². The van der Waals surface area contributed by atoms with Crippen LogP contribution in [-0.2, 0) is 0 Å². The van der Waals surface area contributed by atoms with Crippen molar-refractivity contribution in [3.63, 3.8) is 0 Å². The maximum Gasteiger partial charge on any atom is 0.122 e. The highest BCUT2D eigenvalue weighted by atomic mass is 32.2. The third-order valence-corrected chi connectivity index (χ3v) is 3.44. The maximum absolute atomic E-state index is 5.28. The lowest BCUT2D eigenvalue weighted by molar-refractivity contribution is 0.411. The quantitative estimate of drug-likeness (QED) is 0.702. The van der Waals surface area contributed by atoms with Gasteiger partial charge in [0.25, 0.3) is 0 Å². The van der Waals surface area contributed by atoms with Crippen LogP contribution in [0.25, 0.3) is 0 Å². The van der Waals surface area contributed by atoms with E-state index in [0.717, 1.165) is 5.75 Å². The van der Waals surface area contributed by atoms with Gasteiger partial charge in [0.2, 0.25) is 0 Å². The van der Waals surface area contributed by atoms with Crippen LogP contribution < -0.4 is 4.74 Å². The molecule has 0 aliphatic rings. The van der Waals surface area contributed by atoms with E-state index in [2.05, 4.69) is 33.8 Å². The molecule has 1 aromatic rings. The van der Waals surface area contributed by atoms with E-state index in [0.29, 0.717) is 5.25 Å². The summed E-state index contributed by atoms with van der Waals surface area (Å²) in [6.07, 6.45) is 0. The lowest BCUT2D eigenvalue weighted by Crippen LogP contribution is -1.94. The molecule has 0 aliphatic carbocycles. The summed E-state index contributed by atoms with van der Waals surface area (Å²) >= 11 is 1.90. The smallest absolute Gasteiger partial charge is 0.122 e. The lowest BCUT2D eigenvalue weighted by atomic mass is 10.1. The first-order chi connectivity index (χ1) is 6.56. The molecule has 0 aliphatic heterocycles. The van der Waals surface area contributed by atoms with Gasteiger partial charge in [-0.25, -0.2) is 0 Å². The van der Waals surface area contributed by atoms with Gasteiger partial charge < -0.3 is 4.74 Å². The van der Waals surface area contributed by atoms with E-state index in [4.69, 9.17) is 4.74 Å². The number of hydrogen-bond acceptors (Lipinski definition) is 2. The number of hydrogen-bond donors (Lipinski definition) is 0. The van der Waals surface area contributed by atoms with Crippen molar-refractivity contribution in [2.45, 2.75) is 37.8 Å². The van der Waals surface area contributed by atoms with E-state index >= 15 is 0 Å². The van der Waals surface area contributed by atoms with Crippen molar-refractivity contribution in [3.8, 4) is 5.75 Å². The van der Waals surface area contributed by atoms with Crippen molar-refractivity contribution in [1.82, 2.24) is 0 Å². The van der Waals surface area contributed by atoms with Crippen LogP contribution >= 0.6 is 11.8 Å². The molecule has 0 amide bonds. The second-order valence-corrected chi connectivity index (χ2v) is 5.30. The second kappa shape index (κ2) is 4.74. The summed E-state index contributed by atoms with van der Waals surface area (Å²) in [6.45, 7) is 8.69. The largest absolute Gasteiger partial charge is 0.496 e. The van der Waals surface area contributed by atoms with Gasteiger partial charge in [0.05, 0.1) is 7.11 Å². The van der Waals surface area contributed by atoms with Crippen molar-refractivity contribution >= 4 is 11.8 Å². The van der Waals surface area contributed by atoms with Crippen LogP contribution in [0, 0.1) is 13.8 Å². The molecule has 0 atom stereocenters. The summed E-state index contributed by atoms with van der Waals surface area (Å²) in [5.41, 5.74) is 2.58. The van der Waals surface area contributed by atoms with Crippen LogP contribution in [0.2, 0.25) is 0 Å². The molecule has 0 fully saturated rings. The lowest BCUT2D eigenvalue weighted by Gasteiger charge is -2.13. The highest BCUT2D eigenvalue weighted by molar-refractivity contribution is 8.00. The molecular formula is C12H18OS. The SMILES string of the molecule is COc1ccc(SC(C)C)c(C)c1C. The van der Waals surface area contributed by atoms with Gasteiger partial charge in [0.15, 0.2) is 0 Å². The Bertz CT molecular complexity index is 318. The third kappa shape index (κ3) is 2.44. The van der Waals surface area contributed by atoms with Gasteiger partial charge in [0.1, 0.15) is 5.75 Å². The van der Waals surface area contributed by atoms with E-state index in [1.54, 1.807) is 7.11 Å². The molecule has 0 N–H and O–H groups in total. The molecule has 0 saturated carbocycles. The fraction of sp³-hybridized carbons (Fsp3) is 0.500.